The summed E-state index contributed by atoms with van der Waals surface area (Å²) in [6.45, 7) is -0.753. The number of ether oxygens (including phenoxy) is 1. The van der Waals surface area contributed by atoms with Crippen LogP contribution in [0.25, 0.3) is 0 Å². The zero-order chi connectivity index (χ0) is 12.7. The van der Waals surface area contributed by atoms with E-state index in [9.17, 15) is 13.2 Å². The molecule has 1 aromatic rings. The van der Waals surface area contributed by atoms with E-state index in [1.54, 1.807) is 0 Å². The van der Waals surface area contributed by atoms with Crippen molar-refractivity contribution in [1.29, 1.82) is 0 Å². The largest absolute Gasteiger partial charge is 0.488 e. The molecule has 0 saturated carbocycles. The van der Waals surface area contributed by atoms with Gasteiger partial charge in [0.2, 0.25) is 0 Å². The molecule has 0 heterocycles. The quantitative estimate of drug-likeness (QED) is 0.597. The van der Waals surface area contributed by atoms with Gasteiger partial charge in [-0.05, 0) is 12.1 Å². The molecule has 1 rings (SSSR count). The Morgan fingerprint density at radius 2 is 2.12 bits per heavy atom. The lowest BCUT2D eigenvalue weighted by Crippen LogP contribution is -2.07. The number of halogens is 4. The number of hydrogen-bond donors (Lipinski definition) is 0. The van der Waals surface area contributed by atoms with E-state index in [0.29, 0.717) is 12.3 Å². The minimum atomic E-state index is -2.58. The summed E-state index contributed by atoms with van der Waals surface area (Å²) in [6.07, 6.45) is -2.12. The predicted octanol–water partition coefficient (Wildman–Crippen LogP) is 3.45. The van der Waals surface area contributed by atoms with Crippen LogP contribution in [0.1, 0.15) is 12.0 Å². The monoisotopic (exact) mass is 262 g/mol. The van der Waals surface area contributed by atoms with E-state index in [4.69, 9.17) is 11.6 Å². The molecule has 0 N–H and O–H groups in total. The summed E-state index contributed by atoms with van der Waals surface area (Å²) in [7, 11) is 0. The van der Waals surface area contributed by atoms with E-state index in [1.807, 2.05) is 0 Å². The molecule has 0 spiro atoms. The highest BCUT2D eigenvalue weighted by molar-refractivity contribution is 6.18. The van der Waals surface area contributed by atoms with Gasteiger partial charge in [-0.15, -0.1) is 11.6 Å². The first-order valence-corrected chi connectivity index (χ1v) is 5.42. The Hall–Kier alpha value is -1.34. The van der Waals surface area contributed by atoms with E-state index >= 15 is 0 Å². The molecule has 0 amide bonds. The molecule has 92 valence electrons. The van der Waals surface area contributed by atoms with Crippen molar-refractivity contribution in [2.75, 3.05) is 12.5 Å². The highest BCUT2D eigenvalue weighted by atomic mass is 35.5. The van der Waals surface area contributed by atoms with E-state index < -0.39 is 18.8 Å². The molecule has 0 radical (unpaired) electrons. The van der Waals surface area contributed by atoms with Crippen molar-refractivity contribution in [3.8, 4) is 17.6 Å². The minimum absolute atomic E-state index is 0.0608. The van der Waals surface area contributed by atoms with Gasteiger partial charge in [-0.3, -0.25) is 0 Å². The fraction of sp³-hybridized carbons (Fsp3) is 0.333. The summed E-state index contributed by atoms with van der Waals surface area (Å²) < 4.78 is 41.8. The van der Waals surface area contributed by atoms with Crippen LogP contribution in [0.2, 0.25) is 0 Å². The van der Waals surface area contributed by atoms with E-state index in [1.165, 1.54) is 12.1 Å². The molecule has 0 unspecified atom stereocenters. The first-order valence-electron chi connectivity index (χ1n) is 4.89. The van der Waals surface area contributed by atoms with Gasteiger partial charge in [-0.1, -0.05) is 11.8 Å². The molecular weight excluding hydrogens is 253 g/mol. The van der Waals surface area contributed by atoms with Gasteiger partial charge >= 0.3 is 0 Å². The lowest BCUT2D eigenvalue weighted by molar-refractivity contribution is 0.0817. The van der Waals surface area contributed by atoms with Crippen LogP contribution >= 0.6 is 11.6 Å². The smallest absolute Gasteiger partial charge is 0.272 e. The average Bonchev–Trinajstić information content (AvgIpc) is 2.29. The topological polar surface area (TPSA) is 9.23 Å². The Balaban J connectivity index is 2.70. The number of alkyl halides is 3. The third-order valence-electron chi connectivity index (χ3n) is 1.76. The zero-order valence-corrected chi connectivity index (χ0v) is 9.61. The Morgan fingerprint density at radius 3 is 2.71 bits per heavy atom. The third-order valence-corrected chi connectivity index (χ3v) is 1.95. The van der Waals surface area contributed by atoms with Crippen molar-refractivity contribution < 1.29 is 17.9 Å². The van der Waals surface area contributed by atoms with Crippen molar-refractivity contribution in [1.82, 2.24) is 0 Å². The van der Waals surface area contributed by atoms with Crippen LogP contribution in [0, 0.1) is 17.7 Å². The van der Waals surface area contributed by atoms with Gasteiger partial charge in [-0.2, -0.15) is 0 Å². The first kappa shape index (κ1) is 13.7. The molecule has 0 aromatic heterocycles. The minimum Gasteiger partial charge on any atom is -0.488 e. The highest BCUT2D eigenvalue weighted by Gasteiger charge is 2.06. The van der Waals surface area contributed by atoms with Gasteiger partial charge in [0.15, 0.2) is 0 Å². The Bertz CT molecular complexity index is 423. The average molecular weight is 263 g/mol. The van der Waals surface area contributed by atoms with Crippen LogP contribution in [0.3, 0.4) is 0 Å². The van der Waals surface area contributed by atoms with E-state index in [2.05, 4.69) is 16.6 Å². The van der Waals surface area contributed by atoms with E-state index in [0.717, 1.165) is 6.07 Å². The normalized spacial score (nSPS) is 9.94. The number of hydrogen-bond acceptors (Lipinski definition) is 1. The first-order chi connectivity index (χ1) is 8.13. The van der Waals surface area contributed by atoms with Crippen molar-refractivity contribution in [2.45, 2.75) is 12.8 Å². The van der Waals surface area contributed by atoms with Gasteiger partial charge in [-0.25, -0.2) is 13.2 Å². The number of rotatable bonds is 4. The second kappa shape index (κ2) is 7.08. The van der Waals surface area contributed by atoms with Crippen LogP contribution in [0.4, 0.5) is 13.2 Å². The van der Waals surface area contributed by atoms with Crippen molar-refractivity contribution in [3.05, 3.63) is 29.6 Å². The van der Waals surface area contributed by atoms with Crippen LogP contribution in [-0.2, 0) is 0 Å². The molecule has 0 saturated heterocycles. The molecule has 0 aliphatic rings. The second-order valence-electron chi connectivity index (χ2n) is 3.08. The molecule has 1 nitrogen and oxygen atoms in total. The number of benzene rings is 1. The fourth-order valence-electron chi connectivity index (χ4n) is 1.05. The summed E-state index contributed by atoms with van der Waals surface area (Å²) in [5.41, 5.74) is 0.194. The van der Waals surface area contributed by atoms with Crippen LogP contribution in [0.5, 0.6) is 5.75 Å². The van der Waals surface area contributed by atoms with Crippen molar-refractivity contribution >= 4 is 11.6 Å². The Morgan fingerprint density at radius 1 is 1.35 bits per heavy atom. The molecule has 0 aliphatic carbocycles. The fourth-order valence-corrected chi connectivity index (χ4v) is 1.15. The van der Waals surface area contributed by atoms with Gasteiger partial charge < -0.3 is 4.74 Å². The zero-order valence-electron chi connectivity index (χ0n) is 8.85. The predicted molar refractivity (Wildman–Crippen MR) is 60.1 cm³/mol. The van der Waals surface area contributed by atoms with Gasteiger partial charge in [0, 0.05) is 18.4 Å². The van der Waals surface area contributed by atoms with Crippen LogP contribution in [0.15, 0.2) is 18.2 Å². The molecule has 0 atom stereocenters. The van der Waals surface area contributed by atoms with Crippen LogP contribution < -0.4 is 4.74 Å². The lowest BCUT2D eigenvalue weighted by Gasteiger charge is -2.05. The summed E-state index contributed by atoms with van der Waals surface area (Å²) in [6, 6.07) is 3.82. The summed E-state index contributed by atoms with van der Waals surface area (Å²) in [5, 5.41) is 0. The van der Waals surface area contributed by atoms with Gasteiger partial charge in [0.25, 0.3) is 6.43 Å². The standard InChI is InChI=1S/C12H10ClF3O/c13-6-2-1-3-9-4-5-10(7-11(9)14)17-8-12(15)16/h4-5,7,12H,2,6,8H2. The molecule has 17 heavy (non-hydrogen) atoms. The van der Waals surface area contributed by atoms with Crippen LogP contribution in [-0.4, -0.2) is 18.9 Å². The van der Waals surface area contributed by atoms with Gasteiger partial charge in [0.05, 0.1) is 5.56 Å². The molecule has 5 heteroatoms. The molecule has 0 bridgehead atoms. The second-order valence-corrected chi connectivity index (χ2v) is 3.46. The highest BCUT2D eigenvalue weighted by Crippen LogP contribution is 2.16. The summed E-state index contributed by atoms with van der Waals surface area (Å²) in [5.74, 6) is 5.11. The third kappa shape index (κ3) is 5.01. The Labute approximate surface area is 103 Å². The molecule has 0 fully saturated rings. The van der Waals surface area contributed by atoms with Gasteiger partial charge in [0.1, 0.15) is 18.2 Å². The van der Waals surface area contributed by atoms with Crippen molar-refractivity contribution in [2.24, 2.45) is 0 Å². The maximum absolute atomic E-state index is 13.4. The molecule has 1 aromatic carbocycles. The van der Waals surface area contributed by atoms with Crippen molar-refractivity contribution in [3.63, 3.8) is 0 Å². The maximum Gasteiger partial charge on any atom is 0.272 e. The van der Waals surface area contributed by atoms with E-state index in [-0.39, 0.29) is 11.3 Å². The lowest BCUT2D eigenvalue weighted by atomic mass is 10.2. The molecular formula is C12H10ClF3O. The summed E-state index contributed by atoms with van der Waals surface area (Å²) in [4.78, 5) is 0. The Kier molecular flexibility index (Phi) is 5.71. The maximum atomic E-state index is 13.4. The summed E-state index contributed by atoms with van der Waals surface area (Å²) >= 11 is 5.42. The molecule has 0 aliphatic heterocycles. The SMILES string of the molecule is Fc1cc(OCC(F)F)ccc1C#CCCCl.